The van der Waals surface area contributed by atoms with Gasteiger partial charge in [-0.1, -0.05) is 42.5 Å². The number of hydrogen-bond acceptors (Lipinski definition) is 9. The summed E-state index contributed by atoms with van der Waals surface area (Å²) in [5, 5.41) is 26.8. The van der Waals surface area contributed by atoms with Gasteiger partial charge in [0.25, 0.3) is 5.56 Å². The third-order valence-corrected chi connectivity index (χ3v) is 6.76. The highest BCUT2D eigenvalue weighted by Gasteiger charge is 2.21. The van der Waals surface area contributed by atoms with Crippen molar-refractivity contribution in [3.05, 3.63) is 128 Å². The first-order valence-electron chi connectivity index (χ1n) is 13.0. The van der Waals surface area contributed by atoms with Crippen LogP contribution in [0.5, 0.6) is 11.5 Å². The first-order valence-corrected chi connectivity index (χ1v) is 13.0. The third-order valence-electron chi connectivity index (χ3n) is 6.76. The topological polar surface area (TPSA) is 146 Å². The highest BCUT2D eigenvalue weighted by Crippen LogP contribution is 2.34. The van der Waals surface area contributed by atoms with Gasteiger partial charge in [0.05, 0.1) is 46.2 Å². The number of nitro benzene ring substituents is 1. The van der Waals surface area contributed by atoms with Crippen molar-refractivity contribution in [2.75, 3.05) is 7.11 Å². The summed E-state index contributed by atoms with van der Waals surface area (Å²) in [7, 11) is 1.55. The SMILES string of the molecule is COc1cccc2oc(-c3nc4ccccc4c(=O)n3N=Cc3cccc([N+](=O)[O-])c3OCc3ccccc3C#N)cc12. The van der Waals surface area contributed by atoms with Gasteiger partial charge in [0, 0.05) is 17.2 Å². The molecule has 210 valence electrons. The number of fused-ring (bicyclic) bond motifs is 2. The average molecular weight is 572 g/mol. The van der Waals surface area contributed by atoms with E-state index in [0.29, 0.717) is 38.7 Å². The number of hydrogen-bond donors (Lipinski definition) is 0. The Balaban J connectivity index is 1.49. The van der Waals surface area contributed by atoms with Crippen LogP contribution >= 0.6 is 0 Å². The zero-order valence-corrected chi connectivity index (χ0v) is 22.6. The van der Waals surface area contributed by atoms with Gasteiger partial charge in [-0.2, -0.15) is 15.0 Å². The molecule has 11 heteroatoms. The zero-order valence-electron chi connectivity index (χ0n) is 22.6. The van der Waals surface area contributed by atoms with Crippen molar-refractivity contribution >= 4 is 33.8 Å². The van der Waals surface area contributed by atoms with Crippen LogP contribution in [0.2, 0.25) is 0 Å². The van der Waals surface area contributed by atoms with Gasteiger partial charge >= 0.3 is 5.69 Å². The lowest BCUT2D eigenvalue weighted by molar-refractivity contribution is -0.385. The van der Waals surface area contributed by atoms with Crippen LogP contribution in [-0.2, 0) is 6.61 Å². The van der Waals surface area contributed by atoms with Gasteiger partial charge < -0.3 is 13.9 Å². The van der Waals surface area contributed by atoms with E-state index in [1.807, 2.05) is 0 Å². The fourth-order valence-electron chi connectivity index (χ4n) is 4.68. The molecule has 0 bridgehead atoms. The molecule has 0 unspecified atom stereocenters. The Bertz CT molecular complexity index is 2160. The van der Waals surface area contributed by atoms with Crippen LogP contribution in [0, 0.1) is 21.4 Å². The van der Waals surface area contributed by atoms with Crippen molar-refractivity contribution in [1.29, 1.82) is 5.26 Å². The first kappa shape index (κ1) is 26.9. The number of methoxy groups -OCH3 is 1. The summed E-state index contributed by atoms with van der Waals surface area (Å²) in [6.07, 6.45) is 1.29. The Morgan fingerprint density at radius 1 is 1.05 bits per heavy atom. The van der Waals surface area contributed by atoms with Crippen molar-refractivity contribution in [1.82, 2.24) is 9.66 Å². The molecule has 6 rings (SSSR count). The summed E-state index contributed by atoms with van der Waals surface area (Å²) in [6, 6.07) is 27.2. The number of aromatic nitrogens is 2. The fourth-order valence-corrected chi connectivity index (χ4v) is 4.68. The normalized spacial score (nSPS) is 11.2. The van der Waals surface area contributed by atoms with Gasteiger partial charge in [0.2, 0.25) is 11.6 Å². The predicted molar refractivity (Wildman–Crippen MR) is 159 cm³/mol. The number of nitro groups is 1. The molecule has 0 saturated heterocycles. The molecular formula is C32H21N5O6. The van der Waals surface area contributed by atoms with Gasteiger partial charge in [0.1, 0.15) is 17.9 Å². The Morgan fingerprint density at radius 3 is 2.65 bits per heavy atom. The minimum absolute atomic E-state index is 0.0687. The number of nitriles is 1. The summed E-state index contributed by atoms with van der Waals surface area (Å²) in [4.78, 5) is 29.7. The molecular weight excluding hydrogens is 550 g/mol. The van der Waals surface area contributed by atoms with E-state index in [-0.39, 0.29) is 35.2 Å². The van der Waals surface area contributed by atoms with Crippen LogP contribution in [0.3, 0.4) is 0 Å². The molecule has 0 aliphatic rings. The van der Waals surface area contributed by atoms with E-state index in [2.05, 4.69) is 16.2 Å². The second-order valence-corrected chi connectivity index (χ2v) is 9.31. The lowest BCUT2D eigenvalue weighted by Crippen LogP contribution is -2.20. The van der Waals surface area contributed by atoms with Gasteiger partial charge in [-0.15, -0.1) is 0 Å². The summed E-state index contributed by atoms with van der Waals surface area (Å²) >= 11 is 0. The van der Waals surface area contributed by atoms with Gasteiger partial charge in [-0.05, 0) is 42.5 Å². The second kappa shape index (κ2) is 11.3. The molecule has 0 amide bonds. The minimum Gasteiger partial charge on any atom is -0.496 e. The number of furan rings is 1. The van der Waals surface area contributed by atoms with E-state index in [9.17, 15) is 20.2 Å². The highest BCUT2D eigenvalue weighted by molar-refractivity contribution is 5.89. The molecule has 0 aliphatic carbocycles. The van der Waals surface area contributed by atoms with E-state index in [1.54, 1.807) is 86.0 Å². The highest BCUT2D eigenvalue weighted by atomic mass is 16.6. The number of nitrogens with zero attached hydrogens (tertiary/aromatic N) is 5. The molecule has 6 aromatic rings. The molecule has 0 saturated carbocycles. The van der Waals surface area contributed by atoms with Gasteiger partial charge in [-0.25, -0.2) is 4.98 Å². The summed E-state index contributed by atoms with van der Waals surface area (Å²) in [5.41, 5.74) is 1.38. The molecule has 4 aromatic carbocycles. The van der Waals surface area contributed by atoms with E-state index in [0.717, 1.165) is 4.68 Å². The van der Waals surface area contributed by atoms with Crippen LogP contribution in [0.15, 0.2) is 105 Å². The maximum Gasteiger partial charge on any atom is 0.311 e. The quantitative estimate of drug-likeness (QED) is 0.122. The molecule has 0 aliphatic heterocycles. The first-order chi connectivity index (χ1) is 21.0. The van der Waals surface area contributed by atoms with Crippen molar-refractivity contribution in [3.63, 3.8) is 0 Å². The largest absolute Gasteiger partial charge is 0.496 e. The standard InChI is InChI=1S/C32H21N5O6/c1-41-27-14-7-15-28-24(27)16-29(43-28)31-35-25-12-5-4-11-23(25)32(38)36(31)34-18-21-10-6-13-26(37(39)40)30(21)42-19-22-9-3-2-8-20(22)17-33/h2-16,18H,19H2,1H3. The minimum atomic E-state index is -0.570. The Morgan fingerprint density at radius 2 is 1.84 bits per heavy atom. The third kappa shape index (κ3) is 5.05. The zero-order chi connectivity index (χ0) is 29.9. The Hall–Kier alpha value is -6.28. The van der Waals surface area contributed by atoms with Crippen LogP contribution in [0.4, 0.5) is 5.69 Å². The van der Waals surface area contributed by atoms with E-state index < -0.39 is 10.5 Å². The number of para-hydroxylation sites is 2. The Labute approximate surface area is 243 Å². The molecule has 0 fully saturated rings. The lowest BCUT2D eigenvalue weighted by Gasteiger charge is -2.11. The van der Waals surface area contributed by atoms with E-state index in [4.69, 9.17) is 13.9 Å². The smallest absolute Gasteiger partial charge is 0.311 e. The molecule has 2 aromatic heterocycles. The lowest BCUT2D eigenvalue weighted by atomic mass is 10.1. The molecule has 0 atom stereocenters. The van der Waals surface area contributed by atoms with Crippen LogP contribution in [0.25, 0.3) is 33.5 Å². The maximum absolute atomic E-state index is 13.7. The monoisotopic (exact) mass is 571 g/mol. The van der Waals surface area contributed by atoms with E-state index >= 15 is 0 Å². The molecule has 0 spiro atoms. The number of ether oxygens (including phenoxy) is 2. The van der Waals surface area contributed by atoms with Gasteiger partial charge in [-0.3, -0.25) is 14.9 Å². The Kier molecular flexibility index (Phi) is 7.08. The number of rotatable bonds is 8. The van der Waals surface area contributed by atoms with Crippen LogP contribution in [0.1, 0.15) is 16.7 Å². The molecule has 0 N–H and O–H groups in total. The predicted octanol–water partition coefficient (Wildman–Crippen LogP) is 6.06. The van der Waals surface area contributed by atoms with Gasteiger partial charge in [0.15, 0.2) is 5.76 Å². The maximum atomic E-state index is 13.7. The van der Waals surface area contributed by atoms with Crippen molar-refractivity contribution in [2.45, 2.75) is 6.61 Å². The molecule has 2 heterocycles. The summed E-state index contributed by atoms with van der Waals surface area (Å²) in [6.45, 7) is -0.0982. The molecule has 43 heavy (non-hydrogen) atoms. The second-order valence-electron chi connectivity index (χ2n) is 9.31. The van der Waals surface area contributed by atoms with E-state index in [1.165, 1.54) is 18.3 Å². The molecule has 0 radical (unpaired) electrons. The average Bonchev–Trinajstić information content (AvgIpc) is 3.48. The van der Waals surface area contributed by atoms with Crippen LogP contribution < -0.4 is 15.0 Å². The van der Waals surface area contributed by atoms with Crippen molar-refractivity contribution < 1.29 is 18.8 Å². The fraction of sp³-hybridized carbons (Fsp3) is 0.0625. The number of benzene rings is 4. The summed E-state index contributed by atoms with van der Waals surface area (Å²) < 4.78 is 18.5. The van der Waals surface area contributed by atoms with Crippen LogP contribution in [-0.4, -0.2) is 27.9 Å². The molecule has 11 nitrogen and oxygen atoms in total. The van der Waals surface area contributed by atoms with Crippen molar-refractivity contribution in [2.24, 2.45) is 5.10 Å². The summed E-state index contributed by atoms with van der Waals surface area (Å²) in [5.74, 6) is 0.903. The van der Waals surface area contributed by atoms with Crippen molar-refractivity contribution in [3.8, 4) is 29.2 Å².